The first-order valence-electron chi connectivity index (χ1n) is 6.34. The summed E-state index contributed by atoms with van der Waals surface area (Å²) in [6, 6.07) is 6.22. The quantitative estimate of drug-likeness (QED) is 0.873. The molecule has 1 aromatic carbocycles. The van der Waals surface area contributed by atoms with E-state index in [0.29, 0.717) is 24.4 Å². The van der Waals surface area contributed by atoms with Gasteiger partial charge < -0.3 is 5.11 Å². The molecule has 0 saturated heterocycles. The first-order valence-corrected chi connectivity index (χ1v) is 6.34. The number of carbonyl (C=O) groups is 1. The van der Waals surface area contributed by atoms with Crippen LogP contribution in [0.1, 0.15) is 19.8 Å². The number of aromatic nitrogens is 4. The van der Waals surface area contributed by atoms with Gasteiger partial charge in [0.25, 0.3) is 0 Å². The maximum Gasteiger partial charge on any atom is 0.303 e. The van der Waals surface area contributed by atoms with E-state index in [1.54, 1.807) is 18.2 Å². The number of halogens is 1. The topological polar surface area (TPSA) is 80.9 Å². The fourth-order valence-corrected chi connectivity index (χ4v) is 1.99. The van der Waals surface area contributed by atoms with Crippen molar-refractivity contribution in [1.82, 2.24) is 20.2 Å². The second-order valence-corrected chi connectivity index (χ2v) is 4.54. The summed E-state index contributed by atoms with van der Waals surface area (Å²) in [5.41, 5.74) is 0.308. The molecule has 1 N–H and O–H groups in total. The van der Waals surface area contributed by atoms with Crippen LogP contribution in [0.15, 0.2) is 24.3 Å². The van der Waals surface area contributed by atoms with Gasteiger partial charge in [-0.1, -0.05) is 25.5 Å². The lowest BCUT2D eigenvalue weighted by molar-refractivity contribution is -0.138. The highest BCUT2D eigenvalue weighted by atomic mass is 19.1. The van der Waals surface area contributed by atoms with Gasteiger partial charge in [-0.15, -0.1) is 5.10 Å². The average molecular weight is 278 g/mol. The van der Waals surface area contributed by atoms with Crippen LogP contribution in [0.5, 0.6) is 0 Å². The van der Waals surface area contributed by atoms with E-state index in [1.807, 2.05) is 6.92 Å². The van der Waals surface area contributed by atoms with Gasteiger partial charge in [0.1, 0.15) is 5.82 Å². The van der Waals surface area contributed by atoms with Gasteiger partial charge in [-0.25, -0.2) is 9.07 Å². The molecule has 0 aliphatic rings. The molecule has 2 rings (SSSR count). The Kier molecular flexibility index (Phi) is 4.39. The van der Waals surface area contributed by atoms with Crippen LogP contribution in [0, 0.1) is 11.7 Å². The zero-order valence-electron chi connectivity index (χ0n) is 11.0. The number of carboxylic acid groups (broad SMARTS) is 1. The number of hydrogen-bond donors (Lipinski definition) is 1. The van der Waals surface area contributed by atoms with Crippen molar-refractivity contribution in [2.45, 2.75) is 26.3 Å². The average Bonchev–Trinajstić information content (AvgIpc) is 2.86. The summed E-state index contributed by atoms with van der Waals surface area (Å²) in [5.74, 6) is -1.05. The van der Waals surface area contributed by atoms with Gasteiger partial charge in [0.05, 0.1) is 5.56 Å². The lowest BCUT2D eigenvalue weighted by Gasteiger charge is -2.13. The first kappa shape index (κ1) is 14.1. The van der Waals surface area contributed by atoms with E-state index >= 15 is 0 Å². The second-order valence-electron chi connectivity index (χ2n) is 4.54. The predicted octanol–water partition coefficient (Wildman–Crippen LogP) is 1.98. The van der Waals surface area contributed by atoms with Crippen molar-refractivity contribution < 1.29 is 14.3 Å². The lowest BCUT2D eigenvalue weighted by atomic mass is 10.0. The standard InChI is InChI=1S/C13H15FN4O2/c1-2-9(7-12(19)20)8-18-13(15-16-17-18)10-5-3-4-6-11(10)14/h3-6,9H,2,7-8H2,1H3,(H,19,20). The van der Waals surface area contributed by atoms with Crippen molar-refractivity contribution in [2.24, 2.45) is 5.92 Å². The van der Waals surface area contributed by atoms with E-state index in [-0.39, 0.29) is 12.3 Å². The highest BCUT2D eigenvalue weighted by Crippen LogP contribution is 2.21. The molecule has 106 valence electrons. The van der Waals surface area contributed by atoms with E-state index in [1.165, 1.54) is 10.7 Å². The smallest absolute Gasteiger partial charge is 0.303 e. The minimum absolute atomic E-state index is 0.0348. The molecule has 1 atom stereocenters. The number of aliphatic carboxylic acids is 1. The largest absolute Gasteiger partial charge is 0.481 e. The first-order chi connectivity index (χ1) is 9.61. The molecule has 2 aromatic rings. The number of benzene rings is 1. The number of nitrogens with zero attached hydrogens (tertiary/aromatic N) is 4. The minimum atomic E-state index is -0.864. The molecule has 0 bridgehead atoms. The zero-order chi connectivity index (χ0) is 14.5. The molecule has 0 saturated carbocycles. The fraction of sp³-hybridized carbons (Fsp3) is 0.385. The Bertz CT molecular complexity index is 600. The molecule has 20 heavy (non-hydrogen) atoms. The van der Waals surface area contributed by atoms with Crippen LogP contribution in [-0.4, -0.2) is 31.3 Å². The molecule has 7 heteroatoms. The third-order valence-corrected chi connectivity index (χ3v) is 3.12. The van der Waals surface area contributed by atoms with Crippen LogP contribution < -0.4 is 0 Å². The third kappa shape index (κ3) is 3.17. The van der Waals surface area contributed by atoms with E-state index in [2.05, 4.69) is 15.5 Å². The molecule has 6 nitrogen and oxygen atoms in total. The maximum atomic E-state index is 13.8. The molecule has 0 fully saturated rings. The van der Waals surface area contributed by atoms with Gasteiger partial charge in [0.15, 0.2) is 5.82 Å². The Labute approximate surface area is 115 Å². The lowest BCUT2D eigenvalue weighted by Crippen LogP contribution is -2.16. The van der Waals surface area contributed by atoms with Crippen LogP contribution >= 0.6 is 0 Å². The van der Waals surface area contributed by atoms with Crippen molar-refractivity contribution in [2.75, 3.05) is 0 Å². The van der Waals surface area contributed by atoms with Crippen molar-refractivity contribution in [3.8, 4) is 11.4 Å². The number of rotatable bonds is 6. The van der Waals surface area contributed by atoms with Crippen molar-refractivity contribution in [3.63, 3.8) is 0 Å². The Balaban J connectivity index is 2.25. The summed E-state index contributed by atoms with van der Waals surface area (Å²) in [6.45, 7) is 2.25. The summed E-state index contributed by atoms with van der Waals surface area (Å²) in [4.78, 5) is 10.8. The fourth-order valence-electron chi connectivity index (χ4n) is 1.99. The molecule has 0 amide bonds. The minimum Gasteiger partial charge on any atom is -0.481 e. The van der Waals surface area contributed by atoms with E-state index < -0.39 is 11.8 Å². The maximum absolute atomic E-state index is 13.8. The van der Waals surface area contributed by atoms with E-state index in [9.17, 15) is 9.18 Å². The Morgan fingerprint density at radius 3 is 2.85 bits per heavy atom. The summed E-state index contributed by atoms with van der Waals surface area (Å²) >= 11 is 0. The normalized spacial score (nSPS) is 12.3. The van der Waals surface area contributed by atoms with Crippen LogP contribution in [0.25, 0.3) is 11.4 Å². The molecule has 0 aliphatic heterocycles. The molecule has 0 radical (unpaired) electrons. The third-order valence-electron chi connectivity index (χ3n) is 3.12. The van der Waals surface area contributed by atoms with Crippen LogP contribution in [0.3, 0.4) is 0 Å². The van der Waals surface area contributed by atoms with Gasteiger partial charge in [-0.05, 0) is 28.5 Å². The number of tetrazole rings is 1. The highest BCUT2D eigenvalue weighted by molar-refractivity contribution is 5.67. The number of hydrogen-bond acceptors (Lipinski definition) is 4. The molecular formula is C13H15FN4O2. The Morgan fingerprint density at radius 2 is 2.20 bits per heavy atom. The van der Waals surface area contributed by atoms with Gasteiger partial charge in [0, 0.05) is 13.0 Å². The Hall–Kier alpha value is -2.31. The summed E-state index contributed by atoms with van der Waals surface area (Å²) < 4.78 is 15.2. The second kappa shape index (κ2) is 6.23. The molecule has 0 spiro atoms. The summed E-state index contributed by atoms with van der Waals surface area (Å²) in [5, 5.41) is 20.1. The monoisotopic (exact) mass is 278 g/mol. The van der Waals surface area contributed by atoms with Crippen LogP contribution in [0.4, 0.5) is 4.39 Å². The number of carboxylic acids is 1. The molecule has 1 aromatic heterocycles. The predicted molar refractivity (Wildman–Crippen MR) is 69.2 cm³/mol. The van der Waals surface area contributed by atoms with E-state index in [0.717, 1.165) is 0 Å². The molecule has 0 aliphatic carbocycles. The van der Waals surface area contributed by atoms with Gasteiger partial charge in [0.2, 0.25) is 0 Å². The highest BCUT2D eigenvalue weighted by Gasteiger charge is 2.18. The van der Waals surface area contributed by atoms with Crippen molar-refractivity contribution >= 4 is 5.97 Å². The molecular weight excluding hydrogens is 263 g/mol. The summed E-state index contributed by atoms with van der Waals surface area (Å²) in [6.07, 6.45) is 0.718. The van der Waals surface area contributed by atoms with Crippen molar-refractivity contribution in [3.05, 3.63) is 30.1 Å². The molecule has 1 heterocycles. The van der Waals surface area contributed by atoms with Crippen molar-refractivity contribution in [1.29, 1.82) is 0 Å². The van der Waals surface area contributed by atoms with Crippen LogP contribution in [0.2, 0.25) is 0 Å². The molecule has 1 unspecified atom stereocenters. The van der Waals surface area contributed by atoms with Crippen LogP contribution in [-0.2, 0) is 11.3 Å². The van der Waals surface area contributed by atoms with Gasteiger partial charge >= 0.3 is 5.97 Å². The summed E-state index contributed by atoms with van der Waals surface area (Å²) in [7, 11) is 0. The van der Waals surface area contributed by atoms with Gasteiger partial charge in [-0.2, -0.15) is 0 Å². The zero-order valence-corrected chi connectivity index (χ0v) is 11.0. The van der Waals surface area contributed by atoms with Gasteiger partial charge in [-0.3, -0.25) is 4.79 Å². The SMILES string of the molecule is CCC(CC(=O)O)Cn1nnnc1-c1ccccc1F. The Morgan fingerprint density at radius 1 is 1.45 bits per heavy atom. The van der Waals surface area contributed by atoms with E-state index in [4.69, 9.17) is 5.11 Å².